The first-order chi connectivity index (χ1) is 7.13. The standard InChI is InChI=1S/C12H14FNS/c1-8(2)14-6-9(7-15)11-4-3-10(13)5-12(11)14/h3-6,8,15H,7H2,1-2H3. The minimum absolute atomic E-state index is 0.187. The minimum atomic E-state index is -0.187. The van der Waals surface area contributed by atoms with Crippen molar-refractivity contribution in [1.82, 2.24) is 4.57 Å². The van der Waals surface area contributed by atoms with Crippen molar-refractivity contribution in [3.05, 3.63) is 35.8 Å². The summed E-state index contributed by atoms with van der Waals surface area (Å²) in [5, 5.41) is 1.10. The largest absolute Gasteiger partial charge is 0.345 e. The molecule has 80 valence electrons. The summed E-state index contributed by atoms with van der Waals surface area (Å²) in [6.07, 6.45) is 2.06. The molecule has 0 unspecified atom stereocenters. The number of fused-ring (bicyclic) bond motifs is 1. The molecule has 0 atom stereocenters. The highest BCUT2D eigenvalue weighted by Crippen LogP contribution is 2.26. The second-order valence-electron chi connectivity index (χ2n) is 3.97. The van der Waals surface area contributed by atoms with Gasteiger partial charge in [0.25, 0.3) is 0 Å². The summed E-state index contributed by atoms with van der Waals surface area (Å²) < 4.78 is 15.2. The molecule has 0 aliphatic rings. The normalized spacial score (nSPS) is 11.5. The smallest absolute Gasteiger partial charge is 0.125 e. The van der Waals surface area contributed by atoms with E-state index in [1.165, 1.54) is 6.07 Å². The number of hydrogen-bond acceptors (Lipinski definition) is 1. The van der Waals surface area contributed by atoms with Crippen LogP contribution >= 0.6 is 12.6 Å². The van der Waals surface area contributed by atoms with Gasteiger partial charge in [-0.2, -0.15) is 12.6 Å². The van der Waals surface area contributed by atoms with Crippen molar-refractivity contribution in [1.29, 1.82) is 0 Å². The van der Waals surface area contributed by atoms with Crippen molar-refractivity contribution in [2.45, 2.75) is 25.6 Å². The van der Waals surface area contributed by atoms with Gasteiger partial charge in [-0.25, -0.2) is 4.39 Å². The molecule has 1 heterocycles. The number of thiol groups is 1. The number of benzene rings is 1. The van der Waals surface area contributed by atoms with Gasteiger partial charge in [0.05, 0.1) is 5.52 Å². The fraction of sp³-hybridized carbons (Fsp3) is 0.333. The van der Waals surface area contributed by atoms with Gasteiger partial charge in [0, 0.05) is 23.4 Å². The number of hydrogen-bond donors (Lipinski definition) is 1. The van der Waals surface area contributed by atoms with Crippen LogP contribution in [0.2, 0.25) is 0 Å². The maximum Gasteiger partial charge on any atom is 0.125 e. The van der Waals surface area contributed by atoms with Crippen LogP contribution in [0.4, 0.5) is 4.39 Å². The van der Waals surface area contributed by atoms with Crippen LogP contribution in [0, 0.1) is 5.82 Å². The van der Waals surface area contributed by atoms with Crippen LogP contribution in [-0.2, 0) is 5.75 Å². The van der Waals surface area contributed by atoms with Gasteiger partial charge in [-0.15, -0.1) is 0 Å². The van der Waals surface area contributed by atoms with Gasteiger partial charge in [-0.1, -0.05) is 0 Å². The van der Waals surface area contributed by atoms with E-state index in [0.717, 1.165) is 16.5 Å². The van der Waals surface area contributed by atoms with Gasteiger partial charge < -0.3 is 4.57 Å². The molecule has 15 heavy (non-hydrogen) atoms. The Labute approximate surface area is 94.3 Å². The quantitative estimate of drug-likeness (QED) is 0.739. The third-order valence-electron chi connectivity index (χ3n) is 2.61. The molecule has 1 aromatic heterocycles. The lowest BCUT2D eigenvalue weighted by Crippen LogP contribution is -1.98. The van der Waals surface area contributed by atoms with Crippen molar-refractivity contribution >= 4 is 23.5 Å². The summed E-state index contributed by atoms with van der Waals surface area (Å²) in [6.45, 7) is 4.18. The summed E-state index contributed by atoms with van der Waals surface area (Å²) in [5.41, 5.74) is 2.11. The zero-order valence-electron chi connectivity index (χ0n) is 8.87. The maximum absolute atomic E-state index is 13.2. The molecule has 3 heteroatoms. The molecule has 2 aromatic rings. The molecule has 0 spiro atoms. The number of rotatable bonds is 2. The van der Waals surface area contributed by atoms with Gasteiger partial charge in [0.1, 0.15) is 5.82 Å². The highest BCUT2D eigenvalue weighted by Gasteiger charge is 2.09. The van der Waals surface area contributed by atoms with Crippen molar-refractivity contribution < 1.29 is 4.39 Å². The molecule has 0 amide bonds. The van der Waals surface area contributed by atoms with Crippen LogP contribution in [0.5, 0.6) is 0 Å². The Morgan fingerprint density at radius 2 is 2.13 bits per heavy atom. The fourth-order valence-electron chi connectivity index (χ4n) is 1.85. The van der Waals surface area contributed by atoms with Crippen molar-refractivity contribution in [2.75, 3.05) is 0 Å². The van der Waals surface area contributed by atoms with Gasteiger partial charge >= 0.3 is 0 Å². The van der Waals surface area contributed by atoms with Gasteiger partial charge in [0.15, 0.2) is 0 Å². The lowest BCUT2D eigenvalue weighted by Gasteiger charge is -2.08. The predicted octanol–water partition coefficient (Wildman–Crippen LogP) is 3.79. The van der Waals surface area contributed by atoms with E-state index < -0.39 is 0 Å². The van der Waals surface area contributed by atoms with E-state index in [9.17, 15) is 4.39 Å². The predicted molar refractivity (Wildman–Crippen MR) is 65.0 cm³/mol. The van der Waals surface area contributed by atoms with E-state index in [0.29, 0.717) is 11.8 Å². The molecule has 2 rings (SSSR count). The first-order valence-electron chi connectivity index (χ1n) is 5.03. The Balaban J connectivity index is 2.76. The van der Waals surface area contributed by atoms with E-state index in [1.807, 2.05) is 6.07 Å². The molecular formula is C12H14FNS. The lowest BCUT2D eigenvalue weighted by atomic mass is 10.2. The summed E-state index contributed by atoms with van der Waals surface area (Å²) in [6, 6.07) is 5.25. The highest BCUT2D eigenvalue weighted by molar-refractivity contribution is 7.79. The van der Waals surface area contributed by atoms with Gasteiger partial charge in [-0.05, 0) is 37.6 Å². The molecule has 0 N–H and O–H groups in total. The highest BCUT2D eigenvalue weighted by atomic mass is 32.1. The third-order valence-corrected chi connectivity index (χ3v) is 2.95. The molecule has 0 aliphatic heterocycles. The average Bonchev–Trinajstić information content (AvgIpc) is 2.55. The molecular weight excluding hydrogens is 209 g/mol. The zero-order valence-corrected chi connectivity index (χ0v) is 9.76. The summed E-state index contributed by atoms with van der Waals surface area (Å²) in [7, 11) is 0. The van der Waals surface area contributed by atoms with Crippen molar-refractivity contribution in [3.63, 3.8) is 0 Å². The molecule has 0 saturated heterocycles. The SMILES string of the molecule is CC(C)n1cc(CS)c2ccc(F)cc21. The van der Waals surface area contributed by atoms with Crippen LogP contribution in [0.3, 0.4) is 0 Å². The van der Waals surface area contributed by atoms with Crippen LogP contribution in [-0.4, -0.2) is 4.57 Å². The first-order valence-corrected chi connectivity index (χ1v) is 5.66. The van der Waals surface area contributed by atoms with Crippen LogP contribution in [0.15, 0.2) is 24.4 Å². The number of aromatic nitrogens is 1. The Morgan fingerprint density at radius 1 is 1.40 bits per heavy atom. The molecule has 1 aromatic carbocycles. The van der Waals surface area contributed by atoms with Crippen molar-refractivity contribution in [3.8, 4) is 0 Å². The third kappa shape index (κ3) is 1.76. The zero-order chi connectivity index (χ0) is 11.0. The Bertz CT molecular complexity index is 488. The van der Waals surface area contributed by atoms with E-state index >= 15 is 0 Å². The van der Waals surface area contributed by atoms with E-state index in [4.69, 9.17) is 0 Å². The summed E-state index contributed by atoms with van der Waals surface area (Å²) in [5.74, 6) is 0.496. The fourth-order valence-corrected chi connectivity index (χ4v) is 2.10. The Hall–Kier alpha value is -0.960. The molecule has 0 saturated carbocycles. The lowest BCUT2D eigenvalue weighted by molar-refractivity contribution is 0.611. The molecule has 0 radical (unpaired) electrons. The first kappa shape index (κ1) is 10.6. The molecule has 0 bridgehead atoms. The van der Waals surface area contributed by atoms with E-state index in [1.54, 1.807) is 6.07 Å². The molecule has 1 nitrogen and oxygen atoms in total. The van der Waals surface area contributed by atoms with E-state index in [-0.39, 0.29) is 5.82 Å². The Morgan fingerprint density at radius 3 is 2.73 bits per heavy atom. The second kappa shape index (κ2) is 3.89. The van der Waals surface area contributed by atoms with Gasteiger partial charge in [-0.3, -0.25) is 0 Å². The van der Waals surface area contributed by atoms with Crippen LogP contribution in [0.1, 0.15) is 25.5 Å². The summed E-state index contributed by atoms with van der Waals surface area (Å²) in [4.78, 5) is 0. The number of halogens is 1. The van der Waals surface area contributed by atoms with E-state index in [2.05, 4.69) is 37.2 Å². The maximum atomic E-state index is 13.2. The monoisotopic (exact) mass is 223 g/mol. The average molecular weight is 223 g/mol. The topological polar surface area (TPSA) is 4.93 Å². The second-order valence-corrected chi connectivity index (χ2v) is 4.29. The Kier molecular flexibility index (Phi) is 2.74. The van der Waals surface area contributed by atoms with Crippen LogP contribution < -0.4 is 0 Å². The summed E-state index contributed by atoms with van der Waals surface area (Å²) >= 11 is 4.29. The molecule has 0 fully saturated rings. The minimum Gasteiger partial charge on any atom is -0.345 e. The van der Waals surface area contributed by atoms with Crippen molar-refractivity contribution in [2.24, 2.45) is 0 Å². The number of nitrogens with zero attached hydrogens (tertiary/aromatic N) is 1. The van der Waals surface area contributed by atoms with Gasteiger partial charge in [0.2, 0.25) is 0 Å². The molecule has 0 aliphatic carbocycles. The van der Waals surface area contributed by atoms with Crippen LogP contribution in [0.25, 0.3) is 10.9 Å².